The summed E-state index contributed by atoms with van der Waals surface area (Å²) in [5.41, 5.74) is 3.73. The molecular weight excluding hydrogens is 429 g/mol. The second-order valence-electron chi connectivity index (χ2n) is 7.87. The number of hydroxylamine groups is 1. The van der Waals surface area contributed by atoms with Gasteiger partial charge in [-0.15, -0.1) is 0 Å². The fourth-order valence-electron chi connectivity index (χ4n) is 3.45. The number of hydrogen-bond donors (Lipinski definition) is 4. The van der Waals surface area contributed by atoms with Crippen LogP contribution in [0.2, 0.25) is 0 Å². The summed E-state index contributed by atoms with van der Waals surface area (Å²) in [5.74, 6) is -2.04. The van der Waals surface area contributed by atoms with E-state index in [4.69, 9.17) is 9.94 Å². The van der Waals surface area contributed by atoms with Crippen molar-refractivity contribution in [2.24, 2.45) is 0 Å². The van der Waals surface area contributed by atoms with Crippen molar-refractivity contribution in [3.8, 4) is 0 Å². The first-order valence-electron chi connectivity index (χ1n) is 10.7. The number of carbonyl (C=O) groups excluding carboxylic acids is 2. The molecule has 33 heavy (non-hydrogen) atoms. The SMILES string of the molecule is C[C@@H](O)[C@H](NC(=O)c1ccc(/C(F)=C/c2ccc(CN3CCOCC3)cc2)cc1)C(=O)NO. The molecule has 0 bridgehead atoms. The van der Waals surface area contributed by atoms with Crippen molar-refractivity contribution in [2.45, 2.75) is 25.6 Å². The molecule has 0 aromatic heterocycles. The van der Waals surface area contributed by atoms with Gasteiger partial charge in [0.25, 0.3) is 11.8 Å². The third-order valence-electron chi connectivity index (χ3n) is 5.37. The summed E-state index contributed by atoms with van der Waals surface area (Å²) in [6, 6.07) is 12.1. The van der Waals surface area contributed by atoms with Crippen molar-refractivity contribution in [3.63, 3.8) is 0 Å². The molecule has 2 amide bonds. The molecular formula is C24H28FN3O5. The van der Waals surface area contributed by atoms with Gasteiger partial charge < -0.3 is 15.2 Å². The maximum absolute atomic E-state index is 14.7. The van der Waals surface area contributed by atoms with Crippen molar-refractivity contribution < 1.29 is 29.0 Å². The van der Waals surface area contributed by atoms with Crippen LogP contribution in [-0.2, 0) is 16.1 Å². The lowest BCUT2D eigenvalue weighted by molar-refractivity contribution is -0.133. The molecule has 1 aliphatic rings. The standard InChI is InChI=1S/C24H28FN3O5/c1-16(29)22(24(31)27-32)26-23(30)20-8-6-19(7-9-20)21(25)14-17-2-4-18(5-3-17)15-28-10-12-33-13-11-28/h2-9,14,16,22,29,32H,10-13,15H2,1H3,(H,26,30)(H,27,31)/b21-14-/t16-,22+/m1/s1. The van der Waals surface area contributed by atoms with Crippen molar-refractivity contribution in [2.75, 3.05) is 26.3 Å². The van der Waals surface area contributed by atoms with Gasteiger partial charge in [0, 0.05) is 30.8 Å². The number of halogens is 1. The largest absolute Gasteiger partial charge is 0.391 e. The lowest BCUT2D eigenvalue weighted by Gasteiger charge is -2.26. The molecule has 1 aliphatic heterocycles. The van der Waals surface area contributed by atoms with Crippen LogP contribution in [0.15, 0.2) is 48.5 Å². The molecule has 9 heteroatoms. The Labute approximate surface area is 191 Å². The van der Waals surface area contributed by atoms with Gasteiger partial charge in [-0.3, -0.25) is 19.7 Å². The van der Waals surface area contributed by atoms with Crippen LogP contribution in [0.1, 0.15) is 34.0 Å². The number of rotatable bonds is 8. The summed E-state index contributed by atoms with van der Waals surface area (Å²) in [6.07, 6.45) is 0.198. The zero-order chi connectivity index (χ0) is 23.8. The fraction of sp³-hybridized carbons (Fsp3) is 0.333. The van der Waals surface area contributed by atoms with Crippen LogP contribution in [-0.4, -0.2) is 65.5 Å². The maximum atomic E-state index is 14.7. The number of ether oxygens (including phenoxy) is 1. The van der Waals surface area contributed by atoms with E-state index < -0.39 is 29.8 Å². The minimum atomic E-state index is -1.33. The minimum Gasteiger partial charge on any atom is -0.391 e. The Hall–Kier alpha value is -3.11. The number of nitrogens with zero attached hydrogens (tertiary/aromatic N) is 1. The molecule has 2 aromatic rings. The van der Waals surface area contributed by atoms with Gasteiger partial charge in [0.05, 0.1) is 19.3 Å². The van der Waals surface area contributed by atoms with Crippen molar-refractivity contribution in [1.29, 1.82) is 0 Å². The third-order valence-corrected chi connectivity index (χ3v) is 5.37. The highest BCUT2D eigenvalue weighted by Crippen LogP contribution is 2.21. The Morgan fingerprint density at radius 2 is 1.70 bits per heavy atom. The highest BCUT2D eigenvalue weighted by molar-refractivity contribution is 5.97. The molecule has 0 radical (unpaired) electrons. The monoisotopic (exact) mass is 457 g/mol. The zero-order valence-corrected chi connectivity index (χ0v) is 18.3. The Kier molecular flexibility index (Phi) is 8.67. The van der Waals surface area contributed by atoms with Gasteiger partial charge in [0.15, 0.2) is 0 Å². The molecule has 0 aliphatic carbocycles. The minimum absolute atomic E-state index is 0.176. The predicted molar refractivity (Wildman–Crippen MR) is 121 cm³/mol. The van der Waals surface area contributed by atoms with E-state index in [-0.39, 0.29) is 5.56 Å². The van der Waals surface area contributed by atoms with Gasteiger partial charge in [-0.25, -0.2) is 9.87 Å². The number of aliphatic hydroxyl groups excluding tert-OH is 1. The number of morpholine rings is 1. The summed E-state index contributed by atoms with van der Waals surface area (Å²) in [6.45, 7) is 5.42. The van der Waals surface area contributed by atoms with Crippen molar-refractivity contribution in [3.05, 3.63) is 70.8 Å². The molecule has 8 nitrogen and oxygen atoms in total. The third kappa shape index (κ3) is 6.93. The van der Waals surface area contributed by atoms with E-state index >= 15 is 0 Å². The van der Waals surface area contributed by atoms with E-state index in [0.29, 0.717) is 5.56 Å². The molecule has 3 rings (SSSR count). The normalized spacial score (nSPS) is 16.7. The smallest absolute Gasteiger partial charge is 0.268 e. The van der Waals surface area contributed by atoms with Crippen LogP contribution in [0.3, 0.4) is 0 Å². The zero-order valence-electron chi connectivity index (χ0n) is 18.3. The summed E-state index contributed by atoms with van der Waals surface area (Å²) >= 11 is 0. The van der Waals surface area contributed by atoms with Crippen molar-refractivity contribution in [1.82, 2.24) is 15.7 Å². The predicted octanol–water partition coefficient (Wildman–Crippen LogP) is 1.97. The molecule has 1 fully saturated rings. The second-order valence-corrected chi connectivity index (χ2v) is 7.87. The average Bonchev–Trinajstić information content (AvgIpc) is 2.83. The molecule has 2 aromatic carbocycles. The fourth-order valence-corrected chi connectivity index (χ4v) is 3.45. The molecule has 1 heterocycles. The van der Waals surface area contributed by atoms with Gasteiger partial charge in [-0.05, 0) is 36.3 Å². The van der Waals surface area contributed by atoms with E-state index in [9.17, 15) is 19.1 Å². The second kappa shape index (κ2) is 11.7. The Morgan fingerprint density at radius 1 is 1.09 bits per heavy atom. The van der Waals surface area contributed by atoms with Gasteiger partial charge in [0.1, 0.15) is 11.9 Å². The first kappa shape index (κ1) is 24.5. The quantitative estimate of drug-likeness (QED) is 0.274. The molecule has 0 saturated carbocycles. The molecule has 1 saturated heterocycles. The van der Waals surface area contributed by atoms with Gasteiger partial charge >= 0.3 is 0 Å². The molecule has 2 atom stereocenters. The van der Waals surface area contributed by atoms with Gasteiger partial charge in [-0.1, -0.05) is 36.4 Å². The molecule has 0 unspecified atom stereocenters. The number of benzene rings is 2. The van der Waals surface area contributed by atoms with E-state index in [0.717, 1.165) is 44.0 Å². The Balaban J connectivity index is 1.62. The Morgan fingerprint density at radius 3 is 2.27 bits per heavy atom. The highest BCUT2D eigenvalue weighted by atomic mass is 19.1. The molecule has 0 spiro atoms. The van der Waals surface area contributed by atoms with Gasteiger partial charge in [0.2, 0.25) is 0 Å². The molecule has 176 valence electrons. The van der Waals surface area contributed by atoms with Crippen LogP contribution in [0.4, 0.5) is 4.39 Å². The summed E-state index contributed by atoms with van der Waals surface area (Å²) in [5, 5.41) is 20.7. The number of aliphatic hydroxyl groups is 1. The number of amides is 2. The highest BCUT2D eigenvalue weighted by Gasteiger charge is 2.25. The lowest BCUT2D eigenvalue weighted by atomic mass is 10.1. The van der Waals surface area contributed by atoms with E-state index in [1.807, 2.05) is 24.3 Å². The summed E-state index contributed by atoms with van der Waals surface area (Å²) in [4.78, 5) is 26.2. The van der Waals surface area contributed by atoms with E-state index in [1.165, 1.54) is 42.7 Å². The van der Waals surface area contributed by atoms with Crippen LogP contribution in [0, 0.1) is 0 Å². The first-order valence-corrected chi connectivity index (χ1v) is 10.7. The first-order chi connectivity index (χ1) is 15.9. The summed E-state index contributed by atoms with van der Waals surface area (Å²) in [7, 11) is 0. The van der Waals surface area contributed by atoms with E-state index in [1.54, 1.807) is 0 Å². The number of nitrogens with one attached hydrogen (secondary N) is 2. The van der Waals surface area contributed by atoms with Crippen LogP contribution < -0.4 is 10.8 Å². The van der Waals surface area contributed by atoms with Crippen LogP contribution >= 0.6 is 0 Å². The lowest BCUT2D eigenvalue weighted by Crippen LogP contribution is -2.51. The van der Waals surface area contributed by atoms with Crippen LogP contribution in [0.5, 0.6) is 0 Å². The molecule has 4 N–H and O–H groups in total. The van der Waals surface area contributed by atoms with Crippen LogP contribution in [0.25, 0.3) is 11.9 Å². The maximum Gasteiger partial charge on any atom is 0.268 e. The Bertz CT molecular complexity index is 971. The summed E-state index contributed by atoms with van der Waals surface area (Å²) < 4.78 is 20.1. The average molecular weight is 458 g/mol. The van der Waals surface area contributed by atoms with E-state index in [2.05, 4.69) is 10.2 Å². The topological polar surface area (TPSA) is 111 Å². The number of carbonyl (C=O) groups is 2. The van der Waals surface area contributed by atoms with Crippen molar-refractivity contribution >= 4 is 23.7 Å². The number of hydrogen-bond acceptors (Lipinski definition) is 6. The van der Waals surface area contributed by atoms with Gasteiger partial charge in [-0.2, -0.15) is 0 Å².